The lowest BCUT2D eigenvalue weighted by Crippen LogP contribution is -2.25. The van der Waals surface area contributed by atoms with Crippen LogP contribution in [0.15, 0.2) is 24.3 Å². The van der Waals surface area contributed by atoms with Crippen molar-refractivity contribution in [3.63, 3.8) is 0 Å². The highest BCUT2D eigenvalue weighted by molar-refractivity contribution is 6.18. The Morgan fingerprint density at radius 3 is 2.81 bits per heavy atom. The van der Waals surface area contributed by atoms with Crippen LogP contribution in [0.2, 0.25) is 0 Å². The van der Waals surface area contributed by atoms with Crippen molar-refractivity contribution in [2.24, 2.45) is 0 Å². The molecule has 21 heavy (non-hydrogen) atoms. The molecule has 0 saturated heterocycles. The van der Waals surface area contributed by atoms with Gasteiger partial charge in [0.1, 0.15) is 5.75 Å². The summed E-state index contributed by atoms with van der Waals surface area (Å²) in [6.07, 6.45) is 2.12. The van der Waals surface area contributed by atoms with Crippen LogP contribution in [0, 0.1) is 0 Å². The smallest absolute Gasteiger partial charge is 0.221 e. The van der Waals surface area contributed by atoms with Gasteiger partial charge in [-0.1, -0.05) is 18.2 Å². The summed E-state index contributed by atoms with van der Waals surface area (Å²) in [6, 6.07) is 7.97. The maximum absolute atomic E-state index is 11.4. The number of para-hydroxylation sites is 1. The first kappa shape index (κ1) is 17.8. The van der Waals surface area contributed by atoms with Gasteiger partial charge < -0.3 is 15.0 Å². The molecular formula is C16H25ClN2O2. The third-order valence-electron chi connectivity index (χ3n) is 3.02. The molecule has 1 aromatic rings. The third kappa shape index (κ3) is 7.93. The summed E-state index contributed by atoms with van der Waals surface area (Å²) in [7, 11) is 4.11. The first-order valence-electron chi connectivity index (χ1n) is 7.31. The molecule has 5 heteroatoms. The lowest BCUT2D eigenvalue weighted by atomic mass is 10.1. The monoisotopic (exact) mass is 312 g/mol. The molecule has 0 atom stereocenters. The van der Waals surface area contributed by atoms with E-state index in [0.29, 0.717) is 25.5 Å². The fourth-order valence-corrected chi connectivity index (χ4v) is 2.10. The van der Waals surface area contributed by atoms with Crippen LogP contribution < -0.4 is 10.1 Å². The van der Waals surface area contributed by atoms with Gasteiger partial charge in [-0.2, -0.15) is 0 Å². The number of carbonyl (C=O) groups is 1. The van der Waals surface area contributed by atoms with Crippen molar-refractivity contribution in [2.75, 3.05) is 39.7 Å². The molecule has 1 rings (SSSR count). The summed E-state index contributed by atoms with van der Waals surface area (Å²) in [5, 5.41) is 2.86. The van der Waals surface area contributed by atoms with Gasteiger partial charge in [0.25, 0.3) is 0 Å². The number of alkyl halides is 1. The minimum atomic E-state index is -0.00520. The SMILES string of the molecule is CN(C)CCCOc1ccccc1CCNC(=O)CCCl. The van der Waals surface area contributed by atoms with E-state index in [1.165, 1.54) is 0 Å². The Morgan fingerprint density at radius 1 is 1.33 bits per heavy atom. The molecule has 118 valence electrons. The molecule has 0 aliphatic heterocycles. The predicted octanol–water partition coefficient (Wildman–Crippen LogP) is 2.30. The van der Waals surface area contributed by atoms with E-state index in [1.54, 1.807) is 0 Å². The summed E-state index contributed by atoms with van der Waals surface area (Å²) in [5.41, 5.74) is 1.12. The highest BCUT2D eigenvalue weighted by Gasteiger charge is 2.04. The molecular weight excluding hydrogens is 288 g/mol. The van der Waals surface area contributed by atoms with Crippen LogP contribution in [0.25, 0.3) is 0 Å². The highest BCUT2D eigenvalue weighted by Crippen LogP contribution is 2.18. The van der Waals surface area contributed by atoms with Gasteiger partial charge in [-0.25, -0.2) is 0 Å². The van der Waals surface area contributed by atoms with Crippen LogP contribution in [0.5, 0.6) is 5.75 Å². The average Bonchev–Trinajstić information content (AvgIpc) is 2.45. The molecule has 0 aliphatic rings. The van der Waals surface area contributed by atoms with E-state index < -0.39 is 0 Å². The number of rotatable bonds is 10. The average molecular weight is 313 g/mol. The van der Waals surface area contributed by atoms with Crippen LogP contribution >= 0.6 is 11.6 Å². The van der Waals surface area contributed by atoms with E-state index in [2.05, 4.69) is 24.3 Å². The quantitative estimate of drug-likeness (QED) is 0.532. The Balaban J connectivity index is 2.38. The normalized spacial score (nSPS) is 10.7. The minimum absolute atomic E-state index is 0.00520. The van der Waals surface area contributed by atoms with E-state index in [4.69, 9.17) is 16.3 Å². The Bertz CT molecular complexity index is 424. The van der Waals surface area contributed by atoms with Gasteiger partial charge >= 0.3 is 0 Å². The van der Waals surface area contributed by atoms with Gasteiger partial charge in [0.15, 0.2) is 0 Å². The third-order valence-corrected chi connectivity index (χ3v) is 3.21. The van der Waals surface area contributed by atoms with Crippen molar-refractivity contribution in [2.45, 2.75) is 19.3 Å². The van der Waals surface area contributed by atoms with E-state index in [9.17, 15) is 4.79 Å². The van der Waals surface area contributed by atoms with Crippen molar-refractivity contribution in [3.05, 3.63) is 29.8 Å². The Kier molecular flexibility index (Phi) is 8.87. The molecule has 0 spiro atoms. The number of ether oxygens (including phenoxy) is 1. The van der Waals surface area contributed by atoms with Gasteiger partial charge in [-0.3, -0.25) is 4.79 Å². The second-order valence-corrected chi connectivity index (χ2v) is 5.53. The summed E-state index contributed by atoms with van der Waals surface area (Å²) < 4.78 is 5.83. The molecule has 0 saturated carbocycles. The number of amides is 1. The maximum Gasteiger partial charge on any atom is 0.221 e. The van der Waals surface area contributed by atoms with Crippen LogP contribution in [0.1, 0.15) is 18.4 Å². The Hall–Kier alpha value is -1.26. The van der Waals surface area contributed by atoms with Crippen molar-refractivity contribution < 1.29 is 9.53 Å². The zero-order valence-corrected chi connectivity index (χ0v) is 13.7. The molecule has 0 aromatic heterocycles. The van der Waals surface area contributed by atoms with Gasteiger partial charge in [0, 0.05) is 25.4 Å². The van der Waals surface area contributed by atoms with Crippen molar-refractivity contribution in [1.82, 2.24) is 10.2 Å². The van der Waals surface area contributed by atoms with Gasteiger partial charge in [-0.15, -0.1) is 11.6 Å². The van der Waals surface area contributed by atoms with Gasteiger partial charge in [-0.05, 0) is 38.6 Å². The topological polar surface area (TPSA) is 41.6 Å². The highest BCUT2D eigenvalue weighted by atomic mass is 35.5. The number of nitrogens with zero attached hydrogens (tertiary/aromatic N) is 1. The predicted molar refractivity (Wildman–Crippen MR) is 87.2 cm³/mol. The molecule has 0 radical (unpaired) electrons. The van der Waals surface area contributed by atoms with E-state index in [-0.39, 0.29) is 5.91 Å². The lowest BCUT2D eigenvalue weighted by Gasteiger charge is -2.13. The fourth-order valence-electron chi connectivity index (χ4n) is 1.92. The van der Waals surface area contributed by atoms with Crippen LogP contribution in [-0.2, 0) is 11.2 Å². The number of halogens is 1. The maximum atomic E-state index is 11.4. The molecule has 0 heterocycles. The molecule has 1 N–H and O–H groups in total. The number of carbonyl (C=O) groups excluding carboxylic acids is 1. The second kappa shape index (κ2) is 10.5. The largest absolute Gasteiger partial charge is 0.493 e. The molecule has 1 aromatic carbocycles. The van der Waals surface area contributed by atoms with E-state index in [0.717, 1.165) is 30.7 Å². The first-order chi connectivity index (χ1) is 10.1. The summed E-state index contributed by atoms with van der Waals surface area (Å²) in [4.78, 5) is 13.5. The molecule has 0 unspecified atom stereocenters. The zero-order valence-electron chi connectivity index (χ0n) is 12.9. The summed E-state index contributed by atoms with van der Waals surface area (Å²) in [5.74, 6) is 1.26. The van der Waals surface area contributed by atoms with Crippen LogP contribution in [0.3, 0.4) is 0 Å². The number of nitrogens with one attached hydrogen (secondary N) is 1. The van der Waals surface area contributed by atoms with Crippen molar-refractivity contribution in [1.29, 1.82) is 0 Å². The van der Waals surface area contributed by atoms with Gasteiger partial charge in [0.2, 0.25) is 5.91 Å². The van der Waals surface area contributed by atoms with E-state index in [1.807, 2.05) is 24.3 Å². The van der Waals surface area contributed by atoms with Gasteiger partial charge in [0.05, 0.1) is 6.61 Å². The Morgan fingerprint density at radius 2 is 2.10 bits per heavy atom. The van der Waals surface area contributed by atoms with Crippen molar-refractivity contribution in [3.8, 4) is 5.75 Å². The zero-order chi connectivity index (χ0) is 15.5. The lowest BCUT2D eigenvalue weighted by molar-refractivity contribution is -0.120. The first-order valence-corrected chi connectivity index (χ1v) is 7.85. The molecule has 0 bridgehead atoms. The number of hydrogen-bond donors (Lipinski definition) is 1. The molecule has 0 aliphatic carbocycles. The minimum Gasteiger partial charge on any atom is -0.493 e. The molecule has 1 amide bonds. The van der Waals surface area contributed by atoms with Crippen LogP contribution in [0.4, 0.5) is 0 Å². The molecule has 4 nitrogen and oxygen atoms in total. The number of hydrogen-bond acceptors (Lipinski definition) is 3. The second-order valence-electron chi connectivity index (χ2n) is 5.15. The van der Waals surface area contributed by atoms with Crippen LogP contribution in [-0.4, -0.2) is 50.5 Å². The molecule has 0 fully saturated rings. The van der Waals surface area contributed by atoms with E-state index >= 15 is 0 Å². The summed E-state index contributed by atoms with van der Waals surface area (Å²) in [6.45, 7) is 2.32. The number of benzene rings is 1. The fraction of sp³-hybridized carbons (Fsp3) is 0.562. The van der Waals surface area contributed by atoms with Crippen molar-refractivity contribution >= 4 is 17.5 Å². The Labute approximate surface area is 132 Å². The summed E-state index contributed by atoms with van der Waals surface area (Å²) >= 11 is 5.53. The standard InChI is InChI=1S/C16H25ClN2O2/c1-19(2)12-5-13-21-15-7-4-3-6-14(15)9-11-18-16(20)8-10-17/h3-4,6-7H,5,8-13H2,1-2H3,(H,18,20).